The standard InChI is InChI=1S/C13H8Cl2F3NO/c14-7-1-2-8(11(15)5-7)12-9(6-20)10(3-4-19-12)13(16,17)18/h1-5,20H,6H2. The zero-order chi connectivity index (χ0) is 14.9. The van der Waals surface area contributed by atoms with Gasteiger partial charge in [0.05, 0.1) is 22.9 Å². The van der Waals surface area contributed by atoms with Crippen molar-refractivity contribution in [3.63, 3.8) is 0 Å². The number of pyridine rings is 1. The van der Waals surface area contributed by atoms with E-state index in [1.807, 2.05) is 0 Å². The fraction of sp³-hybridized carbons (Fsp3) is 0.154. The molecule has 106 valence electrons. The second-order valence-corrected chi connectivity index (χ2v) is 4.81. The van der Waals surface area contributed by atoms with Gasteiger partial charge in [-0.3, -0.25) is 4.98 Å². The molecule has 1 heterocycles. The van der Waals surface area contributed by atoms with Crippen molar-refractivity contribution in [1.82, 2.24) is 4.98 Å². The van der Waals surface area contributed by atoms with E-state index < -0.39 is 18.3 Å². The molecule has 0 spiro atoms. The van der Waals surface area contributed by atoms with E-state index in [-0.39, 0.29) is 21.8 Å². The number of aliphatic hydroxyl groups is 1. The summed E-state index contributed by atoms with van der Waals surface area (Å²) in [4.78, 5) is 3.90. The van der Waals surface area contributed by atoms with Crippen LogP contribution < -0.4 is 0 Å². The summed E-state index contributed by atoms with van der Waals surface area (Å²) in [7, 11) is 0. The molecule has 0 aliphatic rings. The van der Waals surface area contributed by atoms with Crippen molar-refractivity contribution in [3.05, 3.63) is 51.6 Å². The normalized spacial score (nSPS) is 11.7. The Morgan fingerprint density at radius 3 is 2.40 bits per heavy atom. The third-order valence-corrected chi connectivity index (χ3v) is 3.25. The van der Waals surface area contributed by atoms with Crippen molar-refractivity contribution < 1.29 is 18.3 Å². The van der Waals surface area contributed by atoms with Crippen molar-refractivity contribution in [2.45, 2.75) is 12.8 Å². The van der Waals surface area contributed by atoms with E-state index in [0.29, 0.717) is 5.02 Å². The highest BCUT2D eigenvalue weighted by Gasteiger charge is 2.34. The molecule has 0 radical (unpaired) electrons. The van der Waals surface area contributed by atoms with Crippen molar-refractivity contribution in [1.29, 1.82) is 0 Å². The topological polar surface area (TPSA) is 33.1 Å². The molecule has 2 nitrogen and oxygen atoms in total. The molecule has 0 saturated carbocycles. The van der Waals surface area contributed by atoms with Gasteiger partial charge < -0.3 is 5.11 Å². The van der Waals surface area contributed by atoms with Gasteiger partial charge in [-0.25, -0.2) is 0 Å². The van der Waals surface area contributed by atoms with Crippen molar-refractivity contribution in [2.24, 2.45) is 0 Å². The molecule has 1 aromatic carbocycles. The average molecular weight is 322 g/mol. The Hall–Kier alpha value is -1.30. The fourth-order valence-electron chi connectivity index (χ4n) is 1.83. The van der Waals surface area contributed by atoms with Crippen LogP contribution in [0.15, 0.2) is 30.5 Å². The van der Waals surface area contributed by atoms with E-state index in [4.69, 9.17) is 23.2 Å². The van der Waals surface area contributed by atoms with Crippen LogP contribution in [0.1, 0.15) is 11.1 Å². The molecule has 20 heavy (non-hydrogen) atoms. The lowest BCUT2D eigenvalue weighted by atomic mass is 10.0. The summed E-state index contributed by atoms with van der Waals surface area (Å²) in [6.07, 6.45) is -3.54. The van der Waals surface area contributed by atoms with Gasteiger partial charge in [-0.05, 0) is 24.3 Å². The molecular weight excluding hydrogens is 314 g/mol. The lowest BCUT2D eigenvalue weighted by molar-refractivity contribution is -0.138. The molecule has 1 aromatic heterocycles. The molecule has 1 N–H and O–H groups in total. The SMILES string of the molecule is OCc1c(C(F)(F)F)ccnc1-c1ccc(Cl)cc1Cl. The minimum absolute atomic E-state index is 0.0102. The van der Waals surface area contributed by atoms with Gasteiger partial charge in [0.15, 0.2) is 0 Å². The van der Waals surface area contributed by atoms with Crippen LogP contribution in [0, 0.1) is 0 Å². The smallest absolute Gasteiger partial charge is 0.392 e. The maximum absolute atomic E-state index is 12.9. The fourth-order valence-corrected chi connectivity index (χ4v) is 2.33. The molecule has 0 bridgehead atoms. The number of alkyl halides is 3. The molecule has 0 aliphatic heterocycles. The number of aliphatic hydroxyl groups excluding tert-OH is 1. The van der Waals surface area contributed by atoms with E-state index in [9.17, 15) is 18.3 Å². The van der Waals surface area contributed by atoms with Crippen LogP contribution in [-0.4, -0.2) is 10.1 Å². The number of halogens is 5. The van der Waals surface area contributed by atoms with Gasteiger partial charge in [0.2, 0.25) is 0 Å². The predicted molar refractivity (Wildman–Crippen MR) is 70.6 cm³/mol. The van der Waals surface area contributed by atoms with Crippen LogP contribution in [0.25, 0.3) is 11.3 Å². The number of hydrogen-bond acceptors (Lipinski definition) is 2. The lowest BCUT2D eigenvalue weighted by Crippen LogP contribution is -2.11. The van der Waals surface area contributed by atoms with Crippen molar-refractivity contribution in [3.8, 4) is 11.3 Å². The lowest BCUT2D eigenvalue weighted by Gasteiger charge is -2.15. The first-order valence-electron chi connectivity index (χ1n) is 5.46. The van der Waals surface area contributed by atoms with Crippen LogP contribution in [0.2, 0.25) is 10.0 Å². The summed E-state index contributed by atoms with van der Waals surface area (Å²) in [6, 6.07) is 5.18. The van der Waals surface area contributed by atoms with Crippen molar-refractivity contribution >= 4 is 23.2 Å². The quantitative estimate of drug-likeness (QED) is 0.879. The number of hydrogen-bond donors (Lipinski definition) is 1. The van der Waals surface area contributed by atoms with E-state index in [2.05, 4.69) is 4.98 Å². The second kappa shape index (κ2) is 5.60. The maximum Gasteiger partial charge on any atom is 0.416 e. The van der Waals surface area contributed by atoms with Crippen LogP contribution in [-0.2, 0) is 12.8 Å². The molecule has 0 aliphatic carbocycles. The Morgan fingerprint density at radius 2 is 1.85 bits per heavy atom. The van der Waals surface area contributed by atoms with Crippen LogP contribution in [0.3, 0.4) is 0 Å². The van der Waals surface area contributed by atoms with Gasteiger partial charge in [-0.15, -0.1) is 0 Å². The zero-order valence-electron chi connectivity index (χ0n) is 9.88. The summed E-state index contributed by atoms with van der Waals surface area (Å²) < 4.78 is 38.7. The monoisotopic (exact) mass is 321 g/mol. The van der Waals surface area contributed by atoms with Gasteiger partial charge >= 0.3 is 6.18 Å². The van der Waals surface area contributed by atoms with Gasteiger partial charge in [0, 0.05) is 22.3 Å². The minimum Gasteiger partial charge on any atom is -0.392 e. The number of benzene rings is 1. The van der Waals surface area contributed by atoms with E-state index in [0.717, 1.165) is 12.3 Å². The summed E-state index contributed by atoms with van der Waals surface area (Å²) in [5.74, 6) is 0. The summed E-state index contributed by atoms with van der Waals surface area (Å²) >= 11 is 11.7. The second-order valence-electron chi connectivity index (χ2n) is 3.97. The summed E-state index contributed by atoms with van der Waals surface area (Å²) in [5, 5.41) is 9.78. The summed E-state index contributed by atoms with van der Waals surface area (Å²) in [5.41, 5.74) is -0.976. The Kier molecular flexibility index (Phi) is 4.22. The number of aromatic nitrogens is 1. The van der Waals surface area contributed by atoms with Gasteiger partial charge in [-0.1, -0.05) is 23.2 Å². The maximum atomic E-state index is 12.9. The Balaban J connectivity index is 2.69. The molecule has 0 amide bonds. The first-order valence-corrected chi connectivity index (χ1v) is 6.21. The molecule has 2 rings (SSSR count). The summed E-state index contributed by atoms with van der Waals surface area (Å²) in [6.45, 7) is -0.795. The molecule has 0 atom stereocenters. The molecule has 0 fully saturated rings. The molecule has 0 saturated heterocycles. The predicted octanol–water partition coefficient (Wildman–Crippen LogP) is 4.57. The highest BCUT2D eigenvalue weighted by molar-refractivity contribution is 6.36. The first-order chi connectivity index (χ1) is 9.34. The first kappa shape index (κ1) is 15.1. The number of nitrogens with zero attached hydrogens (tertiary/aromatic N) is 1. The largest absolute Gasteiger partial charge is 0.416 e. The highest BCUT2D eigenvalue weighted by Crippen LogP contribution is 2.38. The third-order valence-electron chi connectivity index (χ3n) is 2.71. The Bertz CT molecular complexity index is 644. The van der Waals surface area contributed by atoms with E-state index in [1.54, 1.807) is 0 Å². The van der Waals surface area contributed by atoms with Crippen LogP contribution in [0.4, 0.5) is 13.2 Å². The third kappa shape index (κ3) is 2.90. The van der Waals surface area contributed by atoms with Gasteiger partial charge in [-0.2, -0.15) is 13.2 Å². The zero-order valence-corrected chi connectivity index (χ0v) is 11.4. The molecule has 7 heteroatoms. The minimum atomic E-state index is -4.57. The number of rotatable bonds is 2. The van der Waals surface area contributed by atoms with Gasteiger partial charge in [0.25, 0.3) is 0 Å². The molecule has 2 aromatic rings. The Labute approximate surface area is 122 Å². The van der Waals surface area contributed by atoms with Gasteiger partial charge in [0.1, 0.15) is 0 Å². The Morgan fingerprint density at radius 1 is 1.15 bits per heavy atom. The van der Waals surface area contributed by atoms with Crippen LogP contribution >= 0.6 is 23.2 Å². The van der Waals surface area contributed by atoms with E-state index in [1.165, 1.54) is 18.2 Å². The molecule has 0 unspecified atom stereocenters. The highest BCUT2D eigenvalue weighted by atomic mass is 35.5. The molecular formula is C13H8Cl2F3NO. The average Bonchev–Trinajstić information content (AvgIpc) is 2.37. The van der Waals surface area contributed by atoms with Crippen LogP contribution in [0.5, 0.6) is 0 Å². The van der Waals surface area contributed by atoms with Crippen molar-refractivity contribution in [2.75, 3.05) is 0 Å². The van der Waals surface area contributed by atoms with E-state index >= 15 is 0 Å².